The highest BCUT2D eigenvalue weighted by molar-refractivity contribution is 5.42. The van der Waals surface area contributed by atoms with E-state index in [2.05, 4.69) is 25.8 Å². The molecule has 1 aromatic rings. The molecule has 0 atom stereocenters. The van der Waals surface area contributed by atoms with Crippen LogP contribution in [0.5, 0.6) is 0 Å². The van der Waals surface area contributed by atoms with Crippen LogP contribution >= 0.6 is 0 Å². The van der Waals surface area contributed by atoms with Crippen molar-refractivity contribution < 1.29 is 0 Å². The summed E-state index contributed by atoms with van der Waals surface area (Å²) >= 11 is 0. The van der Waals surface area contributed by atoms with Crippen molar-refractivity contribution in [3.05, 3.63) is 22.5 Å². The predicted octanol–water partition coefficient (Wildman–Crippen LogP) is 2.26. The highest BCUT2D eigenvalue weighted by Crippen LogP contribution is 2.33. The molecule has 78 valence electrons. The van der Waals surface area contributed by atoms with Crippen molar-refractivity contribution in [1.82, 2.24) is 4.98 Å². The summed E-state index contributed by atoms with van der Waals surface area (Å²) in [6.45, 7) is 7.41. The zero-order valence-corrected chi connectivity index (χ0v) is 9.41. The third-order valence-corrected chi connectivity index (χ3v) is 3.11. The quantitative estimate of drug-likeness (QED) is 0.704. The molecule has 0 bridgehead atoms. The number of rotatable bonds is 1. The maximum atomic E-state index is 5.84. The predicted molar refractivity (Wildman–Crippen MR) is 59.4 cm³/mol. The topological polar surface area (TPSA) is 41.8 Å². The van der Waals surface area contributed by atoms with Crippen molar-refractivity contribution in [2.45, 2.75) is 52.0 Å². The molecule has 1 heterocycles. The Bertz CT molecular complexity index is 342. The minimum Gasteiger partial charge on any atom is -0.361 e. The van der Waals surface area contributed by atoms with Gasteiger partial charge in [-0.3, -0.25) is 0 Å². The van der Waals surface area contributed by atoms with Crippen molar-refractivity contribution in [3.63, 3.8) is 0 Å². The van der Waals surface area contributed by atoms with Gasteiger partial charge in [0.15, 0.2) is 0 Å². The van der Waals surface area contributed by atoms with E-state index >= 15 is 0 Å². The molecule has 0 unspecified atom stereocenters. The van der Waals surface area contributed by atoms with Crippen LogP contribution in [0.1, 0.15) is 49.7 Å². The van der Waals surface area contributed by atoms with Gasteiger partial charge in [0.05, 0.1) is 0 Å². The second-order valence-electron chi connectivity index (χ2n) is 5.24. The Morgan fingerprint density at radius 3 is 2.57 bits per heavy atom. The van der Waals surface area contributed by atoms with Gasteiger partial charge in [0.2, 0.25) is 0 Å². The molecule has 1 aliphatic rings. The Kier molecular flexibility index (Phi) is 2.18. The van der Waals surface area contributed by atoms with Crippen LogP contribution in [0.15, 0.2) is 0 Å². The van der Waals surface area contributed by atoms with Crippen LogP contribution in [0.2, 0.25) is 0 Å². The first-order chi connectivity index (χ1) is 6.54. The Hall–Kier alpha value is -0.760. The molecule has 14 heavy (non-hydrogen) atoms. The van der Waals surface area contributed by atoms with Crippen molar-refractivity contribution in [2.75, 3.05) is 0 Å². The molecule has 1 aliphatic carbocycles. The van der Waals surface area contributed by atoms with Crippen LogP contribution in [-0.2, 0) is 24.8 Å². The van der Waals surface area contributed by atoms with E-state index in [1.165, 1.54) is 41.8 Å². The zero-order chi connectivity index (χ0) is 10.3. The van der Waals surface area contributed by atoms with Crippen LogP contribution in [0.4, 0.5) is 0 Å². The molecular formula is C12H20N2. The number of nitrogens with one attached hydrogen (secondary N) is 1. The lowest BCUT2D eigenvalue weighted by Gasteiger charge is -2.19. The maximum Gasteiger partial charge on any atom is 0.0252 e. The largest absolute Gasteiger partial charge is 0.361 e. The van der Waals surface area contributed by atoms with Gasteiger partial charge in [-0.1, -0.05) is 20.8 Å². The van der Waals surface area contributed by atoms with Crippen LogP contribution in [0.3, 0.4) is 0 Å². The lowest BCUT2D eigenvalue weighted by molar-refractivity contribution is 0.562. The van der Waals surface area contributed by atoms with Gasteiger partial charge in [-0.15, -0.1) is 0 Å². The number of hydrogen-bond donors (Lipinski definition) is 2. The van der Waals surface area contributed by atoms with Crippen LogP contribution < -0.4 is 5.73 Å². The van der Waals surface area contributed by atoms with E-state index in [4.69, 9.17) is 5.73 Å². The number of hydrogen-bond acceptors (Lipinski definition) is 1. The molecule has 0 amide bonds. The molecule has 2 heteroatoms. The Labute approximate surface area is 85.9 Å². The van der Waals surface area contributed by atoms with Crippen molar-refractivity contribution in [2.24, 2.45) is 5.73 Å². The smallest absolute Gasteiger partial charge is 0.0252 e. The van der Waals surface area contributed by atoms with E-state index < -0.39 is 0 Å². The summed E-state index contributed by atoms with van der Waals surface area (Å²) in [5.74, 6) is 0. The minimum absolute atomic E-state index is 0.193. The molecule has 0 spiro atoms. The van der Waals surface area contributed by atoms with E-state index in [0.29, 0.717) is 6.54 Å². The molecule has 2 rings (SSSR count). The summed E-state index contributed by atoms with van der Waals surface area (Å²) in [6, 6.07) is 0. The van der Waals surface area contributed by atoms with E-state index in [1.807, 2.05) is 0 Å². The van der Waals surface area contributed by atoms with Gasteiger partial charge >= 0.3 is 0 Å². The summed E-state index contributed by atoms with van der Waals surface area (Å²) in [7, 11) is 0. The average molecular weight is 192 g/mol. The van der Waals surface area contributed by atoms with Crippen molar-refractivity contribution in [1.29, 1.82) is 0 Å². The normalized spacial score (nSPS) is 16.0. The van der Waals surface area contributed by atoms with Crippen molar-refractivity contribution >= 4 is 0 Å². The fourth-order valence-corrected chi connectivity index (χ4v) is 2.46. The summed E-state index contributed by atoms with van der Waals surface area (Å²) in [6.07, 6.45) is 3.71. The molecule has 0 saturated carbocycles. The molecule has 1 aromatic heterocycles. The summed E-state index contributed by atoms with van der Waals surface area (Å²) in [5, 5.41) is 0. The third kappa shape index (κ3) is 1.38. The first-order valence-electron chi connectivity index (χ1n) is 5.47. The second kappa shape index (κ2) is 3.13. The Morgan fingerprint density at radius 2 is 2.00 bits per heavy atom. The monoisotopic (exact) mass is 192 g/mol. The van der Waals surface area contributed by atoms with Gasteiger partial charge in [0.1, 0.15) is 0 Å². The lowest BCUT2D eigenvalue weighted by Crippen LogP contribution is -2.16. The number of H-pyrrole nitrogens is 1. The van der Waals surface area contributed by atoms with E-state index in [-0.39, 0.29) is 5.41 Å². The van der Waals surface area contributed by atoms with Crippen LogP contribution in [-0.4, -0.2) is 4.98 Å². The van der Waals surface area contributed by atoms with E-state index in [0.717, 1.165) is 0 Å². The van der Waals surface area contributed by atoms with Gasteiger partial charge in [-0.2, -0.15) is 0 Å². The molecule has 0 fully saturated rings. The molecule has 2 nitrogen and oxygen atoms in total. The summed E-state index contributed by atoms with van der Waals surface area (Å²) in [5.41, 5.74) is 11.7. The highest BCUT2D eigenvalue weighted by atomic mass is 14.8. The van der Waals surface area contributed by atoms with Gasteiger partial charge in [0.25, 0.3) is 0 Å². The maximum absolute atomic E-state index is 5.84. The lowest BCUT2D eigenvalue weighted by atomic mass is 9.88. The van der Waals surface area contributed by atoms with Crippen LogP contribution in [0.25, 0.3) is 0 Å². The van der Waals surface area contributed by atoms with E-state index in [1.54, 1.807) is 0 Å². The molecule has 0 radical (unpaired) electrons. The number of nitrogens with two attached hydrogens (primary N) is 1. The second-order valence-corrected chi connectivity index (χ2v) is 5.24. The third-order valence-electron chi connectivity index (χ3n) is 3.11. The standard InChI is InChI=1S/C12H20N2/c1-12(2,3)11-9(7-13)8-5-4-6-10(8)14-11/h14H,4-7,13H2,1-3H3. The average Bonchev–Trinajstić information content (AvgIpc) is 2.58. The van der Waals surface area contributed by atoms with Gasteiger partial charge in [-0.25, -0.2) is 0 Å². The van der Waals surface area contributed by atoms with Crippen molar-refractivity contribution in [3.8, 4) is 0 Å². The minimum atomic E-state index is 0.193. The SMILES string of the molecule is CC(C)(C)c1[nH]c2c(c1CN)CCC2. The number of aryl methyl sites for hydroxylation is 1. The fourth-order valence-electron chi connectivity index (χ4n) is 2.46. The summed E-state index contributed by atoms with van der Waals surface area (Å²) < 4.78 is 0. The van der Waals surface area contributed by atoms with Gasteiger partial charge in [-0.05, 0) is 30.4 Å². The highest BCUT2D eigenvalue weighted by Gasteiger charge is 2.26. The van der Waals surface area contributed by atoms with E-state index in [9.17, 15) is 0 Å². The molecule has 0 saturated heterocycles. The molecular weight excluding hydrogens is 172 g/mol. The first kappa shape index (κ1) is 9.78. The fraction of sp³-hybridized carbons (Fsp3) is 0.667. The Morgan fingerprint density at radius 1 is 1.29 bits per heavy atom. The number of aromatic amines is 1. The molecule has 0 aromatic carbocycles. The summed E-state index contributed by atoms with van der Waals surface area (Å²) in [4.78, 5) is 3.57. The zero-order valence-electron chi connectivity index (χ0n) is 9.41. The number of aromatic nitrogens is 1. The van der Waals surface area contributed by atoms with Gasteiger partial charge in [0, 0.05) is 23.3 Å². The van der Waals surface area contributed by atoms with Gasteiger partial charge < -0.3 is 10.7 Å². The molecule has 3 N–H and O–H groups in total. The Balaban J connectivity index is 2.52. The number of fused-ring (bicyclic) bond motifs is 1. The van der Waals surface area contributed by atoms with Crippen LogP contribution in [0, 0.1) is 0 Å². The molecule has 0 aliphatic heterocycles. The first-order valence-corrected chi connectivity index (χ1v) is 5.47.